The Morgan fingerprint density at radius 2 is 2.14 bits per heavy atom. The van der Waals surface area contributed by atoms with Crippen LogP contribution < -0.4 is 17.0 Å². The molecule has 2 aromatic heterocycles. The van der Waals surface area contributed by atoms with Crippen molar-refractivity contribution in [1.82, 2.24) is 9.55 Å². The van der Waals surface area contributed by atoms with Crippen LogP contribution >= 0.6 is 11.3 Å². The Balaban J connectivity index is 1.76. The number of ether oxygens (including phenoxy) is 1. The zero-order valence-electron chi connectivity index (χ0n) is 15.9. The van der Waals surface area contributed by atoms with Crippen LogP contribution in [0.25, 0.3) is 0 Å². The third-order valence-electron chi connectivity index (χ3n) is 4.92. The highest BCUT2D eigenvalue weighted by Gasteiger charge is 2.25. The van der Waals surface area contributed by atoms with Gasteiger partial charge in [0.25, 0.3) is 5.56 Å². The van der Waals surface area contributed by atoms with Crippen LogP contribution in [-0.2, 0) is 24.1 Å². The van der Waals surface area contributed by atoms with Gasteiger partial charge in [0.1, 0.15) is 11.4 Å². The molecule has 3 rings (SSSR count). The fraction of sp³-hybridized carbons (Fsp3) is 0.474. The second kappa shape index (κ2) is 8.14. The van der Waals surface area contributed by atoms with Gasteiger partial charge in [-0.3, -0.25) is 19.1 Å². The summed E-state index contributed by atoms with van der Waals surface area (Å²) in [6, 6.07) is 0. The van der Waals surface area contributed by atoms with Gasteiger partial charge in [-0.25, -0.2) is 9.59 Å². The van der Waals surface area contributed by atoms with Crippen molar-refractivity contribution in [3.63, 3.8) is 0 Å². The number of anilines is 1. The Bertz CT molecular complexity index is 1030. The smallest absolute Gasteiger partial charge is 0.339 e. The molecule has 1 aliphatic rings. The second-order valence-electron chi connectivity index (χ2n) is 7.07. The summed E-state index contributed by atoms with van der Waals surface area (Å²) in [5, 5.41) is 1.76. The molecule has 28 heavy (non-hydrogen) atoms. The summed E-state index contributed by atoms with van der Waals surface area (Å²) in [5.74, 6) is -0.949. The van der Waals surface area contributed by atoms with Crippen molar-refractivity contribution >= 4 is 28.9 Å². The number of carbonyl (C=O) groups is 2. The Hall–Kier alpha value is -2.68. The number of rotatable bonds is 6. The monoisotopic (exact) mass is 405 g/mol. The first-order chi connectivity index (χ1) is 13.3. The number of aromatic amines is 1. The number of aromatic nitrogens is 2. The molecule has 0 amide bonds. The third-order valence-corrected chi connectivity index (χ3v) is 5.97. The Labute approximate surface area is 165 Å². The molecule has 0 fully saturated rings. The highest BCUT2D eigenvalue weighted by Crippen LogP contribution is 2.33. The number of nitrogens with zero attached hydrogens (tertiary/aromatic N) is 1. The molecule has 1 aliphatic carbocycles. The van der Waals surface area contributed by atoms with Gasteiger partial charge in [-0.15, -0.1) is 11.3 Å². The van der Waals surface area contributed by atoms with Gasteiger partial charge >= 0.3 is 11.7 Å². The normalized spacial score (nSPS) is 15.9. The molecule has 0 aromatic carbocycles. The average Bonchev–Trinajstić information content (AvgIpc) is 3.06. The molecule has 8 nitrogen and oxygen atoms in total. The summed E-state index contributed by atoms with van der Waals surface area (Å²) in [5.41, 5.74) is 5.43. The molecule has 150 valence electrons. The quantitative estimate of drug-likeness (QED) is 0.557. The van der Waals surface area contributed by atoms with Gasteiger partial charge in [-0.1, -0.05) is 13.8 Å². The van der Waals surface area contributed by atoms with E-state index in [2.05, 4.69) is 11.9 Å². The zero-order chi connectivity index (χ0) is 20.4. The van der Waals surface area contributed by atoms with Crippen molar-refractivity contribution < 1.29 is 14.3 Å². The number of nitrogens with two attached hydrogens (primary N) is 1. The molecule has 0 spiro atoms. The summed E-state index contributed by atoms with van der Waals surface area (Å²) in [7, 11) is 0. The van der Waals surface area contributed by atoms with E-state index >= 15 is 0 Å². The molecular weight excluding hydrogens is 382 g/mol. The van der Waals surface area contributed by atoms with Gasteiger partial charge in [0.15, 0.2) is 6.61 Å². The number of thiophene rings is 1. The number of fused-ring (bicyclic) bond motifs is 1. The number of ketones is 1. The summed E-state index contributed by atoms with van der Waals surface area (Å²) in [6.07, 6.45) is 3.36. The van der Waals surface area contributed by atoms with Crippen molar-refractivity contribution in [1.29, 1.82) is 0 Å². The fourth-order valence-electron chi connectivity index (χ4n) is 3.43. The van der Waals surface area contributed by atoms with Crippen LogP contribution in [0.4, 0.5) is 5.82 Å². The lowest BCUT2D eigenvalue weighted by molar-refractivity contribution is 0.0473. The Morgan fingerprint density at radius 3 is 2.86 bits per heavy atom. The minimum atomic E-state index is -0.877. The predicted molar refractivity (Wildman–Crippen MR) is 106 cm³/mol. The number of nitrogens with one attached hydrogen (secondary N) is 1. The summed E-state index contributed by atoms with van der Waals surface area (Å²) in [6.45, 7) is 3.67. The third kappa shape index (κ3) is 3.80. The molecule has 0 radical (unpaired) electrons. The number of hydrogen-bond acceptors (Lipinski definition) is 7. The predicted octanol–water partition coefficient (Wildman–Crippen LogP) is 1.75. The highest BCUT2D eigenvalue weighted by molar-refractivity contribution is 7.10. The standard InChI is InChI=1S/C19H23N3O5S/c1-3-6-22-16(20)15(17(24)21-19(22)26)13(23)8-27-18(25)12-9-28-14-7-10(2)4-5-11(12)14/h9-10H,3-8,20H2,1-2H3,(H,21,24,26). The minimum Gasteiger partial charge on any atom is -0.454 e. The molecule has 0 aliphatic heterocycles. The number of esters is 1. The lowest BCUT2D eigenvalue weighted by Crippen LogP contribution is -2.37. The van der Waals surface area contributed by atoms with Crippen LogP contribution in [0.5, 0.6) is 0 Å². The first-order valence-corrected chi connectivity index (χ1v) is 10.1. The summed E-state index contributed by atoms with van der Waals surface area (Å²) < 4.78 is 6.29. The van der Waals surface area contributed by atoms with E-state index in [4.69, 9.17) is 10.5 Å². The molecule has 2 heterocycles. The maximum atomic E-state index is 12.5. The molecule has 0 saturated heterocycles. The fourth-order valence-corrected chi connectivity index (χ4v) is 4.67. The first kappa shape index (κ1) is 20.1. The van der Waals surface area contributed by atoms with Crippen molar-refractivity contribution in [3.8, 4) is 0 Å². The molecule has 0 bridgehead atoms. The lowest BCUT2D eigenvalue weighted by Gasteiger charge is -2.18. The van der Waals surface area contributed by atoms with Crippen LogP contribution in [0.2, 0.25) is 0 Å². The Kier molecular flexibility index (Phi) is 5.83. The van der Waals surface area contributed by atoms with E-state index in [1.165, 1.54) is 16.2 Å². The number of Topliss-reactive ketones (excluding diaryl/α,β-unsaturated/α-hetero) is 1. The first-order valence-electron chi connectivity index (χ1n) is 9.25. The van der Waals surface area contributed by atoms with Gasteiger partial charge in [-0.2, -0.15) is 0 Å². The second-order valence-corrected chi connectivity index (χ2v) is 8.03. The van der Waals surface area contributed by atoms with Gasteiger partial charge in [0.2, 0.25) is 5.78 Å². The molecule has 9 heteroatoms. The largest absolute Gasteiger partial charge is 0.454 e. The lowest BCUT2D eigenvalue weighted by atomic mass is 9.88. The Morgan fingerprint density at radius 1 is 1.39 bits per heavy atom. The molecule has 3 N–H and O–H groups in total. The van der Waals surface area contributed by atoms with Gasteiger partial charge in [0, 0.05) is 16.8 Å². The maximum Gasteiger partial charge on any atom is 0.339 e. The van der Waals surface area contributed by atoms with Crippen molar-refractivity contribution in [2.45, 2.75) is 46.1 Å². The number of carbonyl (C=O) groups excluding carboxylic acids is 2. The van der Waals surface area contributed by atoms with Crippen LogP contribution in [-0.4, -0.2) is 27.9 Å². The van der Waals surface area contributed by atoms with Crippen molar-refractivity contribution in [3.05, 3.63) is 47.8 Å². The van der Waals surface area contributed by atoms with Crippen LogP contribution in [0.3, 0.4) is 0 Å². The highest BCUT2D eigenvalue weighted by atomic mass is 32.1. The number of H-pyrrole nitrogens is 1. The van der Waals surface area contributed by atoms with Crippen LogP contribution in [0, 0.1) is 5.92 Å². The van der Waals surface area contributed by atoms with E-state index in [-0.39, 0.29) is 17.9 Å². The molecular formula is C19H23N3O5S. The minimum absolute atomic E-state index is 0.210. The van der Waals surface area contributed by atoms with E-state index in [1.807, 2.05) is 6.92 Å². The van der Waals surface area contributed by atoms with Crippen LogP contribution in [0.15, 0.2) is 15.0 Å². The van der Waals surface area contributed by atoms with Crippen molar-refractivity contribution in [2.24, 2.45) is 5.92 Å². The van der Waals surface area contributed by atoms with Crippen LogP contribution in [0.1, 0.15) is 57.8 Å². The van der Waals surface area contributed by atoms with E-state index in [0.29, 0.717) is 17.9 Å². The summed E-state index contributed by atoms with van der Waals surface area (Å²) >= 11 is 1.53. The number of nitrogen functional groups attached to an aromatic ring is 1. The topological polar surface area (TPSA) is 124 Å². The molecule has 0 saturated carbocycles. The number of hydrogen-bond donors (Lipinski definition) is 2. The maximum absolute atomic E-state index is 12.5. The van der Waals surface area contributed by atoms with Crippen molar-refractivity contribution in [2.75, 3.05) is 12.3 Å². The van der Waals surface area contributed by atoms with Gasteiger partial charge < -0.3 is 10.5 Å². The van der Waals surface area contributed by atoms with Gasteiger partial charge in [0.05, 0.1) is 5.56 Å². The van der Waals surface area contributed by atoms with E-state index in [9.17, 15) is 19.2 Å². The zero-order valence-corrected chi connectivity index (χ0v) is 16.7. The molecule has 1 atom stereocenters. The average molecular weight is 405 g/mol. The summed E-state index contributed by atoms with van der Waals surface area (Å²) in [4.78, 5) is 52.1. The molecule has 1 unspecified atom stereocenters. The van der Waals surface area contributed by atoms with E-state index in [1.54, 1.807) is 5.38 Å². The van der Waals surface area contributed by atoms with Gasteiger partial charge in [-0.05, 0) is 37.2 Å². The molecule has 2 aromatic rings. The van der Waals surface area contributed by atoms with E-state index in [0.717, 1.165) is 29.4 Å². The SMILES string of the molecule is CCCn1c(N)c(C(=O)COC(=O)c2csc3c2CCC(C)C3)c(=O)[nH]c1=O. The van der Waals surface area contributed by atoms with E-state index < -0.39 is 29.6 Å².